The average molecular weight is 212 g/mol. The first kappa shape index (κ1) is 9.49. The molecule has 1 aromatic carbocycles. The van der Waals surface area contributed by atoms with E-state index in [1.54, 1.807) is 29.3 Å². The molecule has 1 aromatic rings. The Labute approximate surface area is 87.2 Å². The SMILES string of the molecule is O=C(ON1C[C@@H]1CCl)c1ccccc1. The third-order valence-corrected chi connectivity index (χ3v) is 2.41. The van der Waals surface area contributed by atoms with E-state index in [1.165, 1.54) is 0 Å². The van der Waals surface area contributed by atoms with Crippen LogP contribution >= 0.6 is 11.6 Å². The van der Waals surface area contributed by atoms with Gasteiger partial charge in [-0.25, -0.2) is 4.79 Å². The molecule has 0 amide bonds. The van der Waals surface area contributed by atoms with Crippen LogP contribution in [0, 0.1) is 0 Å². The number of nitrogens with zero attached hydrogens (tertiary/aromatic N) is 1. The zero-order valence-corrected chi connectivity index (χ0v) is 8.28. The zero-order valence-electron chi connectivity index (χ0n) is 7.52. The van der Waals surface area contributed by atoms with Gasteiger partial charge in [-0.3, -0.25) is 0 Å². The highest BCUT2D eigenvalue weighted by molar-refractivity contribution is 6.18. The summed E-state index contributed by atoms with van der Waals surface area (Å²) in [6, 6.07) is 9.11. The molecule has 2 rings (SSSR count). The van der Waals surface area contributed by atoms with Gasteiger partial charge in [-0.05, 0) is 12.1 Å². The van der Waals surface area contributed by atoms with Gasteiger partial charge in [0.25, 0.3) is 0 Å². The maximum atomic E-state index is 11.4. The minimum absolute atomic E-state index is 0.198. The highest BCUT2D eigenvalue weighted by Crippen LogP contribution is 2.20. The number of hydrogen-bond acceptors (Lipinski definition) is 3. The molecule has 1 heterocycles. The number of benzene rings is 1. The number of carbonyl (C=O) groups excluding carboxylic acids is 1. The van der Waals surface area contributed by atoms with E-state index in [2.05, 4.69) is 0 Å². The van der Waals surface area contributed by atoms with Crippen LogP contribution in [0.2, 0.25) is 0 Å². The van der Waals surface area contributed by atoms with Crippen molar-refractivity contribution in [2.24, 2.45) is 0 Å². The summed E-state index contributed by atoms with van der Waals surface area (Å²) in [6.07, 6.45) is 0. The lowest BCUT2D eigenvalue weighted by atomic mass is 10.2. The van der Waals surface area contributed by atoms with Crippen LogP contribution in [0.15, 0.2) is 30.3 Å². The van der Waals surface area contributed by atoms with Crippen molar-refractivity contribution in [1.82, 2.24) is 5.06 Å². The summed E-state index contributed by atoms with van der Waals surface area (Å²) in [6.45, 7) is 0.738. The van der Waals surface area contributed by atoms with E-state index < -0.39 is 0 Å². The summed E-state index contributed by atoms with van der Waals surface area (Å²) in [4.78, 5) is 16.5. The summed E-state index contributed by atoms with van der Waals surface area (Å²) in [5.74, 6) is 0.181. The van der Waals surface area contributed by atoms with E-state index in [-0.39, 0.29) is 12.0 Å². The van der Waals surface area contributed by atoms with Crippen molar-refractivity contribution < 1.29 is 9.63 Å². The minimum atomic E-state index is -0.321. The van der Waals surface area contributed by atoms with Gasteiger partial charge in [0.1, 0.15) is 0 Å². The maximum absolute atomic E-state index is 11.4. The summed E-state index contributed by atoms with van der Waals surface area (Å²) >= 11 is 5.59. The Kier molecular flexibility index (Phi) is 2.70. The van der Waals surface area contributed by atoms with Crippen molar-refractivity contribution in [2.45, 2.75) is 6.04 Å². The molecule has 1 fully saturated rings. The normalized spacial score (nSPS) is 24.4. The van der Waals surface area contributed by atoms with E-state index in [4.69, 9.17) is 16.4 Å². The zero-order chi connectivity index (χ0) is 9.97. The van der Waals surface area contributed by atoms with Gasteiger partial charge < -0.3 is 4.84 Å². The third kappa shape index (κ3) is 2.05. The molecule has 14 heavy (non-hydrogen) atoms. The molecule has 1 aliphatic rings. The molecule has 0 aromatic heterocycles. The summed E-state index contributed by atoms with van der Waals surface area (Å²) in [5, 5.41) is 1.59. The van der Waals surface area contributed by atoms with Crippen LogP contribution < -0.4 is 0 Å². The van der Waals surface area contributed by atoms with E-state index >= 15 is 0 Å². The first-order chi connectivity index (χ1) is 6.81. The van der Waals surface area contributed by atoms with Crippen LogP contribution in [0.25, 0.3) is 0 Å². The Bertz CT molecular complexity index is 328. The molecule has 2 atom stereocenters. The van der Waals surface area contributed by atoms with Gasteiger partial charge in [0, 0.05) is 5.88 Å². The van der Waals surface area contributed by atoms with Crippen LogP contribution in [-0.2, 0) is 4.84 Å². The minimum Gasteiger partial charge on any atom is -0.363 e. The molecule has 1 saturated heterocycles. The Morgan fingerprint density at radius 2 is 2.21 bits per heavy atom. The Balaban J connectivity index is 1.91. The Morgan fingerprint density at radius 3 is 2.79 bits per heavy atom. The quantitative estimate of drug-likeness (QED) is 0.563. The molecule has 0 spiro atoms. The fraction of sp³-hybridized carbons (Fsp3) is 0.300. The third-order valence-electron chi connectivity index (χ3n) is 2.05. The Morgan fingerprint density at radius 1 is 1.50 bits per heavy atom. The van der Waals surface area contributed by atoms with Gasteiger partial charge in [0.15, 0.2) is 0 Å². The van der Waals surface area contributed by atoms with Crippen molar-refractivity contribution in [3.05, 3.63) is 35.9 Å². The molecule has 4 heteroatoms. The molecule has 1 unspecified atom stereocenters. The molecule has 0 bridgehead atoms. The second-order valence-electron chi connectivity index (χ2n) is 3.15. The second-order valence-corrected chi connectivity index (χ2v) is 3.46. The van der Waals surface area contributed by atoms with Gasteiger partial charge >= 0.3 is 5.97 Å². The lowest BCUT2D eigenvalue weighted by Crippen LogP contribution is -2.12. The molecule has 74 valence electrons. The van der Waals surface area contributed by atoms with Crippen molar-refractivity contribution in [3.63, 3.8) is 0 Å². The van der Waals surface area contributed by atoms with Crippen LogP contribution in [0.4, 0.5) is 0 Å². The van der Waals surface area contributed by atoms with Crippen LogP contribution in [0.5, 0.6) is 0 Å². The van der Waals surface area contributed by atoms with Gasteiger partial charge in [-0.1, -0.05) is 18.2 Å². The van der Waals surface area contributed by atoms with Crippen molar-refractivity contribution in [2.75, 3.05) is 12.4 Å². The Hall–Kier alpha value is -1.06. The first-order valence-electron chi connectivity index (χ1n) is 4.41. The monoisotopic (exact) mass is 211 g/mol. The summed E-state index contributed by atoms with van der Waals surface area (Å²) in [5.41, 5.74) is 0.563. The molecular formula is C10H10ClNO2. The second kappa shape index (κ2) is 3.98. The fourth-order valence-electron chi connectivity index (χ4n) is 1.13. The van der Waals surface area contributed by atoms with Crippen molar-refractivity contribution in [3.8, 4) is 0 Å². The van der Waals surface area contributed by atoms with Crippen LogP contribution in [-0.4, -0.2) is 29.5 Å². The molecule has 0 N–H and O–H groups in total. The van der Waals surface area contributed by atoms with E-state index in [9.17, 15) is 4.79 Å². The van der Waals surface area contributed by atoms with Crippen molar-refractivity contribution in [1.29, 1.82) is 0 Å². The summed E-state index contributed by atoms with van der Waals surface area (Å²) < 4.78 is 0. The first-order valence-corrected chi connectivity index (χ1v) is 4.94. The van der Waals surface area contributed by atoms with E-state index in [1.807, 2.05) is 6.07 Å². The molecule has 0 aliphatic carbocycles. The summed E-state index contributed by atoms with van der Waals surface area (Å²) in [7, 11) is 0. The number of alkyl halides is 1. The fourth-order valence-corrected chi connectivity index (χ4v) is 1.38. The van der Waals surface area contributed by atoms with Gasteiger partial charge in [0.05, 0.1) is 18.2 Å². The maximum Gasteiger partial charge on any atom is 0.357 e. The van der Waals surface area contributed by atoms with Gasteiger partial charge in [-0.2, -0.15) is 0 Å². The van der Waals surface area contributed by atoms with E-state index in [0.29, 0.717) is 11.4 Å². The lowest BCUT2D eigenvalue weighted by molar-refractivity contribution is -0.0351. The molecule has 3 nitrogen and oxygen atoms in total. The average Bonchev–Trinajstić information content (AvgIpc) is 2.98. The van der Waals surface area contributed by atoms with E-state index in [0.717, 1.165) is 6.54 Å². The highest BCUT2D eigenvalue weighted by Gasteiger charge is 2.37. The lowest BCUT2D eigenvalue weighted by Gasteiger charge is -2.03. The number of hydroxylamine groups is 2. The van der Waals surface area contributed by atoms with Crippen LogP contribution in [0.3, 0.4) is 0 Å². The predicted octanol–water partition coefficient (Wildman–Crippen LogP) is 1.68. The van der Waals surface area contributed by atoms with Crippen molar-refractivity contribution >= 4 is 17.6 Å². The number of rotatable bonds is 3. The molecular weight excluding hydrogens is 202 g/mol. The highest BCUT2D eigenvalue weighted by atomic mass is 35.5. The van der Waals surface area contributed by atoms with Crippen LogP contribution in [0.1, 0.15) is 10.4 Å². The molecule has 0 saturated carbocycles. The molecule has 0 radical (unpaired) electrons. The topological polar surface area (TPSA) is 29.3 Å². The molecule has 1 aliphatic heterocycles. The number of halogens is 1. The predicted molar refractivity (Wildman–Crippen MR) is 53.1 cm³/mol. The van der Waals surface area contributed by atoms with Gasteiger partial charge in [0.2, 0.25) is 0 Å². The standard InChI is InChI=1S/C10H10ClNO2/c11-6-9-7-12(9)14-10(13)8-4-2-1-3-5-8/h1-5,9H,6-7H2/t9-,12?/m0/s1. The largest absolute Gasteiger partial charge is 0.363 e. The van der Waals surface area contributed by atoms with Gasteiger partial charge in [-0.15, -0.1) is 16.7 Å². The smallest absolute Gasteiger partial charge is 0.357 e. The number of carbonyl (C=O) groups is 1. The number of hydrogen-bond donors (Lipinski definition) is 0.